The number of carbonyl (C=O) groups is 1. The number of rotatable bonds is 7. The van der Waals surface area contributed by atoms with Crippen LogP contribution in [0.5, 0.6) is 0 Å². The maximum atomic E-state index is 10.4. The number of aliphatic hydroxyl groups excluding tert-OH is 2. The van der Waals surface area contributed by atoms with E-state index in [0.717, 1.165) is 12.8 Å². The summed E-state index contributed by atoms with van der Waals surface area (Å²) >= 11 is 0. The molecular formula is C9H16N4O4. The lowest BCUT2D eigenvalue weighted by Gasteiger charge is -2.28. The smallest absolute Gasteiger partial charge is 0.214 e. The van der Waals surface area contributed by atoms with Gasteiger partial charge in [-0.05, 0) is 18.8 Å². The third-order valence-corrected chi connectivity index (χ3v) is 2.94. The number of aliphatic hydroxyl groups is 2. The van der Waals surface area contributed by atoms with Crippen LogP contribution in [-0.2, 0) is 0 Å². The van der Waals surface area contributed by atoms with Crippen molar-refractivity contribution in [2.24, 2.45) is 17.0 Å². The van der Waals surface area contributed by atoms with Crippen molar-refractivity contribution in [2.75, 3.05) is 13.2 Å². The molecule has 0 aromatic carbocycles. The Balaban J connectivity index is 2.63. The molecule has 96 valence electrons. The quantitative estimate of drug-likeness (QED) is 0.310. The van der Waals surface area contributed by atoms with Crippen LogP contribution < -0.4 is 15.3 Å². The molecule has 1 rings (SSSR count). The van der Waals surface area contributed by atoms with Gasteiger partial charge in [0.1, 0.15) is 23.3 Å². The molecule has 0 bridgehead atoms. The summed E-state index contributed by atoms with van der Waals surface area (Å²) in [5.41, 5.74) is 6.57. The van der Waals surface area contributed by atoms with E-state index in [4.69, 9.17) is 10.6 Å². The molecule has 17 heavy (non-hydrogen) atoms. The Morgan fingerprint density at radius 2 is 2.29 bits per heavy atom. The first-order valence-electron chi connectivity index (χ1n) is 5.39. The topological polar surface area (TPSA) is 143 Å². The van der Waals surface area contributed by atoms with Gasteiger partial charge in [0.25, 0.3) is 0 Å². The highest BCUT2D eigenvalue weighted by Crippen LogP contribution is 2.39. The minimum Gasteiger partial charge on any atom is -0.530 e. The standard InChI is InChI=1S/C9H16N4O4/c10-13-11-3-6(5-1-2-5)8(15)7(4-14)12-9(16)17/h5-8,10,12,14-15H,1-4H2/t6-,7?,8-/m1/s1. The number of amides is 1. The van der Waals surface area contributed by atoms with Gasteiger partial charge in [-0.2, -0.15) is 0 Å². The van der Waals surface area contributed by atoms with Crippen LogP contribution in [0.4, 0.5) is 4.79 Å². The second-order valence-corrected chi connectivity index (χ2v) is 4.14. The number of hydrogen-bond donors (Lipinski definition) is 4. The van der Waals surface area contributed by atoms with Crippen molar-refractivity contribution in [1.29, 1.82) is 5.53 Å². The Hall–Kier alpha value is -1.50. The molecule has 1 saturated carbocycles. The molecule has 0 aromatic rings. The van der Waals surface area contributed by atoms with Crippen molar-refractivity contribution < 1.29 is 20.1 Å². The van der Waals surface area contributed by atoms with Crippen molar-refractivity contribution in [3.63, 3.8) is 0 Å². The predicted molar refractivity (Wildman–Crippen MR) is 53.8 cm³/mol. The molecule has 1 amide bonds. The van der Waals surface area contributed by atoms with Crippen LogP contribution >= 0.6 is 0 Å². The fraction of sp³-hybridized carbons (Fsp3) is 0.889. The summed E-state index contributed by atoms with van der Waals surface area (Å²) in [7, 11) is 0. The highest BCUT2D eigenvalue weighted by Gasteiger charge is 2.39. The van der Waals surface area contributed by atoms with E-state index < -0.39 is 24.8 Å². The van der Waals surface area contributed by atoms with E-state index in [0.29, 0.717) is 0 Å². The van der Waals surface area contributed by atoms with E-state index in [2.05, 4.69) is 10.0 Å². The molecule has 1 aliphatic carbocycles. The summed E-state index contributed by atoms with van der Waals surface area (Å²) < 4.78 is 0. The number of carbonyl (C=O) groups excluding carboxylic acids is 1. The molecule has 8 heteroatoms. The Morgan fingerprint density at radius 1 is 1.65 bits per heavy atom. The molecule has 0 spiro atoms. The molecule has 1 unspecified atom stereocenters. The van der Waals surface area contributed by atoms with Crippen LogP contribution in [0, 0.1) is 17.4 Å². The predicted octanol–water partition coefficient (Wildman–Crippen LogP) is -1.78. The minimum atomic E-state index is -1.54. The summed E-state index contributed by atoms with van der Waals surface area (Å²) in [6.07, 6.45) is -0.743. The number of nitrogens with zero attached hydrogens (tertiary/aromatic N) is 2. The maximum absolute atomic E-state index is 10.4. The van der Waals surface area contributed by atoms with E-state index in [1.807, 2.05) is 5.32 Å². The first-order chi connectivity index (χ1) is 8.10. The third-order valence-electron chi connectivity index (χ3n) is 2.94. The molecule has 0 radical (unpaired) electrons. The first-order valence-corrected chi connectivity index (χ1v) is 5.39. The van der Waals surface area contributed by atoms with Gasteiger partial charge in [-0.3, -0.25) is 0 Å². The van der Waals surface area contributed by atoms with Gasteiger partial charge >= 0.3 is 0 Å². The normalized spacial score (nSPS) is 19.9. The molecule has 4 N–H and O–H groups in total. The highest BCUT2D eigenvalue weighted by molar-refractivity contribution is 5.62. The molecule has 0 aliphatic heterocycles. The van der Waals surface area contributed by atoms with Crippen molar-refractivity contribution in [3.8, 4) is 0 Å². The van der Waals surface area contributed by atoms with Gasteiger partial charge in [-0.1, -0.05) is 0 Å². The summed E-state index contributed by atoms with van der Waals surface area (Å²) in [4.78, 5) is 13.2. The van der Waals surface area contributed by atoms with E-state index in [9.17, 15) is 15.0 Å². The largest absolute Gasteiger partial charge is 0.530 e. The fourth-order valence-corrected chi connectivity index (χ4v) is 1.88. The summed E-state index contributed by atoms with van der Waals surface area (Å²) in [5, 5.41) is 34.8. The Bertz CT molecular complexity index is 314. The van der Waals surface area contributed by atoms with Crippen LogP contribution in [0.1, 0.15) is 12.8 Å². The lowest BCUT2D eigenvalue weighted by atomic mass is 9.92. The highest BCUT2D eigenvalue weighted by atomic mass is 16.4. The summed E-state index contributed by atoms with van der Waals surface area (Å²) in [5.74, 6) is -0.0544. The van der Waals surface area contributed by atoms with Crippen LogP contribution in [-0.4, -0.2) is 41.6 Å². The zero-order chi connectivity index (χ0) is 12.8. The number of nitrogens with one attached hydrogen (secondary N) is 2. The lowest BCUT2D eigenvalue weighted by Crippen LogP contribution is -2.53. The van der Waals surface area contributed by atoms with Gasteiger partial charge < -0.3 is 25.4 Å². The van der Waals surface area contributed by atoms with Gasteiger partial charge in [-0.15, -0.1) is 0 Å². The monoisotopic (exact) mass is 244 g/mol. The van der Waals surface area contributed by atoms with Crippen molar-refractivity contribution in [2.45, 2.75) is 25.0 Å². The molecule has 3 atom stereocenters. The van der Waals surface area contributed by atoms with E-state index in [1.165, 1.54) is 0 Å². The Labute approximate surface area is 97.9 Å². The lowest BCUT2D eigenvalue weighted by molar-refractivity contribution is -0.253. The minimum absolute atomic E-state index is 0.153. The third kappa shape index (κ3) is 4.10. The zero-order valence-corrected chi connectivity index (χ0v) is 9.24. The molecular weight excluding hydrogens is 228 g/mol. The molecule has 0 aromatic heterocycles. The van der Waals surface area contributed by atoms with Gasteiger partial charge in [0, 0.05) is 5.92 Å². The van der Waals surface area contributed by atoms with Gasteiger partial charge in [0.15, 0.2) is 0 Å². The van der Waals surface area contributed by atoms with E-state index >= 15 is 0 Å². The van der Waals surface area contributed by atoms with E-state index in [1.54, 1.807) is 0 Å². The molecule has 1 aliphatic rings. The average Bonchev–Trinajstić information content (AvgIpc) is 3.10. The first kappa shape index (κ1) is 13.6. The zero-order valence-electron chi connectivity index (χ0n) is 9.24. The average molecular weight is 244 g/mol. The Kier molecular flexibility index (Phi) is 5.02. The molecule has 0 saturated heterocycles. The van der Waals surface area contributed by atoms with Gasteiger partial charge in [-0.25, -0.2) is 0 Å². The molecule has 0 heterocycles. The van der Waals surface area contributed by atoms with Crippen molar-refractivity contribution in [1.82, 2.24) is 10.2 Å². The van der Waals surface area contributed by atoms with Crippen LogP contribution in [0.3, 0.4) is 0 Å². The number of carboxylic acid groups (broad SMARTS) is 1. The van der Waals surface area contributed by atoms with Crippen molar-refractivity contribution in [3.05, 3.63) is 0 Å². The maximum Gasteiger partial charge on any atom is 0.214 e. The van der Waals surface area contributed by atoms with E-state index in [-0.39, 0.29) is 18.4 Å². The molecule has 1 fully saturated rings. The molecule has 8 nitrogen and oxygen atoms in total. The summed E-state index contributed by atoms with van der Waals surface area (Å²) in [6, 6.07) is -0.994. The summed E-state index contributed by atoms with van der Waals surface area (Å²) in [6.45, 7) is -0.364. The Morgan fingerprint density at radius 3 is 2.71 bits per heavy atom. The fourth-order valence-electron chi connectivity index (χ4n) is 1.88. The van der Waals surface area contributed by atoms with Crippen molar-refractivity contribution >= 4 is 6.09 Å². The van der Waals surface area contributed by atoms with Crippen LogP contribution in [0.2, 0.25) is 0 Å². The number of hydrogen-bond acceptors (Lipinski definition) is 6. The second-order valence-electron chi connectivity index (χ2n) is 4.14. The second kappa shape index (κ2) is 6.29. The van der Waals surface area contributed by atoms with Gasteiger partial charge in [0.2, 0.25) is 4.91 Å². The van der Waals surface area contributed by atoms with Crippen LogP contribution in [0.15, 0.2) is 5.11 Å². The SMILES string of the molecule is N=[N+]=NC[C@H](C1CC1)[C@@H](O)C(CO)NC(=O)[O-]. The van der Waals surface area contributed by atoms with Gasteiger partial charge in [0.05, 0.1) is 18.8 Å². The van der Waals surface area contributed by atoms with Crippen LogP contribution in [0.25, 0.3) is 0 Å².